The lowest BCUT2D eigenvalue weighted by molar-refractivity contribution is -0.117. The predicted molar refractivity (Wildman–Crippen MR) is 76.5 cm³/mol. The fraction of sp³-hybridized carbons (Fsp3) is 0.308. The van der Waals surface area contributed by atoms with Crippen molar-refractivity contribution in [2.75, 3.05) is 17.3 Å². The number of benzene rings is 1. The highest BCUT2D eigenvalue weighted by atomic mass is 35.5. The average Bonchev–Trinajstić information content (AvgIpc) is 3.06. The lowest BCUT2D eigenvalue weighted by Crippen LogP contribution is -2.24. The van der Waals surface area contributed by atoms with Crippen molar-refractivity contribution in [3.8, 4) is 10.6 Å². The number of carbonyl (C=O) groups is 1. The van der Waals surface area contributed by atoms with Crippen molar-refractivity contribution in [1.29, 1.82) is 0 Å². The lowest BCUT2D eigenvalue weighted by atomic mass is 10.2. The number of halogens is 1. The Morgan fingerprint density at radius 2 is 2.11 bits per heavy atom. The summed E-state index contributed by atoms with van der Waals surface area (Å²) in [5.74, 6) is 0.812. The fourth-order valence-electron chi connectivity index (χ4n) is 2.09. The number of anilines is 1. The molecule has 1 amide bonds. The van der Waals surface area contributed by atoms with Gasteiger partial charge in [0, 0.05) is 24.4 Å². The van der Waals surface area contributed by atoms with Crippen LogP contribution in [0.15, 0.2) is 30.3 Å². The van der Waals surface area contributed by atoms with Gasteiger partial charge in [-0.3, -0.25) is 9.69 Å². The van der Waals surface area contributed by atoms with Crippen molar-refractivity contribution in [2.45, 2.75) is 6.42 Å². The van der Waals surface area contributed by atoms with Gasteiger partial charge in [-0.1, -0.05) is 41.7 Å². The first kappa shape index (κ1) is 12.6. The van der Waals surface area contributed by atoms with Gasteiger partial charge in [0.1, 0.15) is 5.01 Å². The molecule has 0 spiro atoms. The highest BCUT2D eigenvalue weighted by Gasteiger charge is 2.32. The van der Waals surface area contributed by atoms with Gasteiger partial charge in [-0.25, -0.2) is 0 Å². The van der Waals surface area contributed by atoms with E-state index in [1.807, 2.05) is 30.3 Å². The van der Waals surface area contributed by atoms with Crippen molar-refractivity contribution in [3.05, 3.63) is 30.3 Å². The lowest BCUT2D eigenvalue weighted by Gasteiger charge is -2.10. The van der Waals surface area contributed by atoms with E-state index in [0.717, 1.165) is 10.6 Å². The summed E-state index contributed by atoms with van der Waals surface area (Å²) in [6.45, 7) is 0.645. The monoisotopic (exact) mass is 293 g/mol. The zero-order chi connectivity index (χ0) is 13.2. The van der Waals surface area contributed by atoms with E-state index in [0.29, 0.717) is 24.0 Å². The van der Waals surface area contributed by atoms with Crippen LogP contribution < -0.4 is 4.90 Å². The summed E-state index contributed by atoms with van der Waals surface area (Å²) < 4.78 is 0. The van der Waals surface area contributed by atoms with E-state index < -0.39 is 0 Å². The molecule has 1 aromatic heterocycles. The molecule has 1 unspecified atom stereocenters. The smallest absolute Gasteiger partial charge is 0.229 e. The summed E-state index contributed by atoms with van der Waals surface area (Å²) in [7, 11) is 0. The van der Waals surface area contributed by atoms with E-state index in [2.05, 4.69) is 10.2 Å². The summed E-state index contributed by atoms with van der Waals surface area (Å²) in [5, 5.41) is 9.78. The third-order valence-electron chi connectivity index (χ3n) is 3.09. The maximum Gasteiger partial charge on any atom is 0.229 e. The Hall–Kier alpha value is -1.46. The first-order valence-electron chi connectivity index (χ1n) is 6.03. The minimum atomic E-state index is 0.0846. The van der Waals surface area contributed by atoms with Crippen LogP contribution in [0.25, 0.3) is 10.6 Å². The Morgan fingerprint density at radius 1 is 1.32 bits per heavy atom. The number of nitrogens with zero attached hydrogens (tertiary/aromatic N) is 3. The standard InChI is InChI=1S/C13H12ClN3OS/c14-7-9-6-11(18)17(8-9)13-16-15-12(19-13)10-4-2-1-3-5-10/h1-5,9H,6-8H2. The molecular weight excluding hydrogens is 282 g/mol. The second-order valence-corrected chi connectivity index (χ2v) is 5.75. The third kappa shape index (κ3) is 2.48. The molecule has 0 bridgehead atoms. The van der Waals surface area contributed by atoms with E-state index in [-0.39, 0.29) is 11.8 Å². The molecule has 1 aromatic carbocycles. The molecule has 2 aromatic rings. The maximum absolute atomic E-state index is 11.9. The predicted octanol–water partition coefficient (Wildman–Crippen LogP) is 2.80. The van der Waals surface area contributed by atoms with Gasteiger partial charge in [0.15, 0.2) is 0 Å². The second-order valence-electron chi connectivity index (χ2n) is 4.48. The van der Waals surface area contributed by atoms with E-state index in [1.54, 1.807) is 4.90 Å². The van der Waals surface area contributed by atoms with Gasteiger partial charge in [-0.05, 0) is 5.92 Å². The molecule has 2 heterocycles. The Balaban J connectivity index is 1.84. The van der Waals surface area contributed by atoms with Gasteiger partial charge in [0.25, 0.3) is 0 Å². The molecule has 19 heavy (non-hydrogen) atoms. The number of hydrogen-bond donors (Lipinski definition) is 0. The topological polar surface area (TPSA) is 46.1 Å². The molecule has 0 N–H and O–H groups in total. The van der Waals surface area contributed by atoms with E-state index in [1.165, 1.54) is 11.3 Å². The zero-order valence-electron chi connectivity index (χ0n) is 10.1. The molecule has 98 valence electrons. The number of alkyl halides is 1. The number of aromatic nitrogens is 2. The molecule has 0 aliphatic carbocycles. The highest BCUT2D eigenvalue weighted by Crippen LogP contribution is 2.32. The minimum absolute atomic E-state index is 0.0846. The molecule has 3 rings (SSSR count). The summed E-state index contributed by atoms with van der Waals surface area (Å²) in [5.41, 5.74) is 1.02. The van der Waals surface area contributed by atoms with E-state index in [4.69, 9.17) is 11.6 Å². The van der Waals surface area contributed by atoms with Crippen molar-refractivity contribution >= 4 is 34.0 Å². The average molecular weight is 294 g/mol. The Kier molecular flexibility index (Phi) is 3.48. The summed E-state index contributed by atoms with van der Waals surface area (Å²) in [6.07, 6.45) is 0.504. The van der Waals surface area contributed by atoms with E-state index >= 15 is 0 Å². The number of amides is 1. The molecule has 0 radical (unpaired) electrons. The largest absolute Gasteiger partial charge is 0.286 e. The molecule has 0 saturated carbocycles. The van der Waals surface area contributed by atoms with Crippen LogP contribution in [0.4, 0.5) is 5.13 Å². The highest BCUT2D eigenvalue weighted by molar-refractivity contribution is 7.18. The van der Waals surface area contributed by atoms with Gasteiger partial charge >= 0.3 is 0 Å². The third-order valence-corrected chi connectivity index (χ3v) is 4.52. The minimum Gasteiger partial charge on any atom is -0.286 e. The van der Waals surface area contributed by atoms with Gasteiger partial charge in [0.2, 0.25) is 11.0 Å². The molecule has 1 saturated heterocycles. The summed E-state index contributed by atoms with van der Waals surface area (Å²) in [4.78, 5) is 13.6. The zero-order valence-corrected chi connectivity index (χ0v) is 11.7. The van der Waals surface area contributed by atoms with Crippen LogP contribution in [0.2, 0.25) is 0 Å². The Bertz CT molecular complexity index is 587. The van der Waals surface area contributed by atoms with Crippen molar-refractivity contribution < 1.29 is 4.79 Å². The van der Waals surface area contributed by atoms with Crippen molar-refractivity contribution in [1.82, 2.24) is 10.2 Å². The van der Waals surface area contributed by atoms with Gasteiger partial charge in [-0.2, -0.15) is 0 Å². The quantitative estimate of drug-likeness (QED) is 0.818. The number of carbonyl (C=O) groups excluding carboxylic acids is 1. The van der Waals surface area contributed by atoms with Crippen LogP contribution >= 0.6 is 22.9 Å². The molecule has 6 heteroatoms. The normalized spacial score (nSPS) is 19.1. The molecule has 4 nitrogen and oxygen atoms in total. The molecule has 1 aliphatic rings. The summed E-state index contributed by atoms with van der Waals surface area (Å²) >= 11 is 7.25. The molecule has 1 fully saturated rings. The van der Waals surface area contributed by atoms with Crippen LogP contribution in [0.3, 0.4) is 0 Å². The summed E-state index contributed by atoms with van der Waals surface area (Å²) in [6, 6.07) is 9.84. The fourth-order valence-corrected chi connectivity index (χ4v) is 3.18. The maximum atomic E-state index is 11.9. The van der Waals surface area contributed by atoms with Crippen LogP contribution in [-0.2, 0) is 4.79 Å². The van der Waals surface area contributed by atoms with Gasteiger partial charge < -0.3 is 0 Å². The van der Waals surface area contributed by atoms with Crippen LogP contribution in [0.5, 0.6) is 0 Å². The first-order valence-corrected chi connectivity index (χ1v) is 7.38. The number of rotatable bonds is 3. The van der Waals surface area contributed by atoms with Crippen molar-refractivity contribution in [2.24, 2.45) is 5.92 Å². The Morgan fingerprint density at radius 3 is 2.79 bits per heavy atom. The van der Waals surface area contributed by atoms with Crippen LogP contribution in [0, 0.1) is 5.92 Å². The first-order chi connectivity index (χ1) is 9.28. The molecule has 1 aliphatic heterocycles. The van der Waals surface area contributed by atoms with Gasteiger partial charge in [-0.15, -0.1) is 21.8 Å². The Labute approximate surface area is 120 Å². The van der Waals surface area contributed by atoms with E-state index in [9.17, 15) is 4.79 Å². The van der Waals surface area contributed by atoms with Gasteiger partial charge in [0.05, 0.1) is 0 Å². The molecular formula is C13H12ClN3OS. The van der Waals surface area contributed by atoms with Crippen LogP contribution in [-0.4, -0.2) is 28.5 Å². The number of hydrogen-bond acceptors (Lipinski definition) is 4. The second kappa shape index (κ2) is 5.27. The van der Waals surface area contributed by atoms with Crippen molar-refractivity contribution in [3.63, 3.8) is 0 Å². The SMILES string of the molecule is O=C1CC(CCl)CN1c1nnc(-c2ccccc2)s1. The molecule has 1 atom stereocenters. The van der Waals surface area contributed by atoms with Crippen LogP contribution in [0.1, 0.15) is 6.42 Å².